The number of likely N-dealkylation sites (tertiary alicyclic amines) is 1. The van der Waals surface area contributed by atoms with Crippen LogP contribution in [0.4, 0.5) is 4.79 Å². The number of carbonyl (C=O) groups is 1. The molecule has 2 aliphatic rings. The highest BCUT2D eigenvalue weighted by atomic mass is 16.6. The second-order valence-corrected chi connectivity index (χ2v) is 6.74. The maximum atomic E-state index is 12.2. The van der Waals surface area contributed by atoms with E-state index in [1.54, 1.807) is 0 Å². The maximum absolute atomic E-state index is 12.2. The molecule has 1 N–H and O–H groups in total. The van der Waals surface area contributed by atoms with Gasteiger partial charge in [-0.3, -0.25) is 4.90 Å². The summed E-state index contributed by atoms with van der Waals surface area (Å²) >= 11 is 0. The molecule has 2 atom stereocenters. The van der Waals surface area contributed by atoms with Gasteiger partial charge in [0.15, 0.2) is 0 Å². The van der Waals surface area contributed by atoms with Crippen LogP contribution < -0.4 is 5.32 Å². The first-order chi connectivity index (χ1) is 7.70. The fourth-order valence-electron chi connectivity index (χ4n) is 2.79. The number of fused-ring (bicyclic) bond motifs is 2. The molecule has 1 amide bonds. The minimum atomic E-state index is -0.420. The normalized spacial score (nSPS) is 31.5. The number of amides is 1. The van der Waals surface area contributed by atoms with Crippen LogP contribution in [-0.2, 0) is 4.74 Å². The summed E-state index contributed by atoms with van der Waals surface area (Å²) in [5.74, 6) is 0. The lowest BCUT2D eigenvalue weighted by atomic mass is 9.91. The highest BCUT2D eigenvalue weighted by Gasteiger charge is 2.48. The van der Waals surface area contributed by atoms with Gasteiger partial charge in [0.1, 0.15) is 5.60 Å². The zero-order chi connectivity index (χ0) is 12.8. The molecule has 4 nitrogen and oxygen atoms in total. The van der Waals surface area contributed by atoms with E-state index in [0.717, 1.165) is 19.4 Å². The van der Waals surface area contributed by atoms with Gasteiger partial charge in [0.05, 0.1) is 5.54 Å². The Morgan fingerprint density at radius 2 is 2.00 bits per heavy atom. The third-order valence-electron chi connectivity index (χ3n) is 3.81. The molecule has 0 aliphatic carbocycles. The van der Waals surface area contributed by atoms with Crippen molar-refractivity contribution in [1.29, 1.82) is 0 Å². The minimum Gasteiger partial charge on any atom is -0.444 e. The molecule has 0 radical (unpaired) electrons. The van der Waals surface area contributed by atoms with Crippen molar-refractivity contribution in [2.45, 2.75) is 70.7 Å². The Morgan fingerprint density at radius 1 is 1.35 bits per heavy atom. The molecule has 2 rings (SSSR count). The van der Waals surface area contributed by atoms with Crippen molar-refractivity contribution in [3.05, 3.63) is 0 Å². The van der Waals surface area contributed by atoms with Gasteiger partial charge in [-0.25, -0.2) is 4.79 Å². The van der Waals surface area contributed by atoms with E-state index in [1.165, 1.54) is 0 Å². The van der Waals surface area contributed by atoms with E-state index >= 15 is 0 Å². The molecule has 0 aromatic carbocycles. The van der Waals surface area contributed by atoms with Crippen LogP contribution in [0.1, 0.15) is 47.5 Å². The number of nitrogens with zero attached hydrogens (tertiary/aromatic N) is 1. The van der Waals surface area contributed by atoms with Gasteiger partial charge in [0.25, 0.3) is 0 Å². The predicted octanol–water partition coefficient (Wildman–Crippen LogP) is 2.14. The van der Waals surface area contributed by atoms with Crippen LogP contribution in [0.15, 0.2) is 0 Å². The van der Waals surface area contributed by atoms with Gasteiger partial charge in [-0.2, -0.15) is 0 Å². The minimum absolute atomic E-state index is 0.157. The van der Waals surface area contributed by atoms with E-state index in [0.29, 0.717) is 12.1 Å². The first-order valence-corrected chi connectivity index (χ1v) is 6.47. The molecule has 2 bridgehead atoms. The van der Waals surface area contributed by atoms with Gasteiger partial charge in [0.2, 0.25) is 0 Å². The largest absolute Gasteiger partial charge is 0.444 e. The molecule has 2 unspecified atom stereocenters. The molecule has 0 spiro atoms. The van der Waals surface area contributed by atoms with Crippen molar-refractivity contribution < 1.29 is 9.53 Å². The summed E-state index contributed by atoms with van der Waals surface area (Å²) in [5.41, 5.74) is -0.577. The quantitative estimate of drug-likeness (QED) is 0.705. The monoisotopic (exact) mass is 240 g/mol. The fourth-order valence-corrected chi connectivity index (χ4v) is 2.79. The van der Waals surface area contributed by atoms with Gasteiger partial charge in [-0.15, -0.1) is 0 Å². The summed E-state index contributed by atoms with van der Waals surface area (Å²) in [6.45, 7) is 10.7. The molecule has 0 aromatic rings. The Bertz CT molecular complexity index is 320. The van der Waals surface area contributed by atoms with Crippen LogP contribution in [0.5, 0.6) is 0 Å². The predicted molar refractivity (Wildman–Crippen MR) is 67.0 cm³/mol. The van der Waals surface area contributed by atoms with Crippen molar-refractivity contribution in [2.24, 2.45) is 0 Å². The molecule has 2 fully saturated rings. The second-order valence-electron chi connectivity index (χ2n) is 6.74. The Hall–Kier alpha value is -0.770. The second kappa shape index (κ2) is 3.87. The van der Waals surface area contributed by atoms with Crippen molar-refractivity contribution in [2.75, 3.05) is 6.54 Å². The molecule has 98 valence electrons. The molecule has 0 aromatic heterocycles. The summed E-state index contributed by atoms with van der Waals surface area (Å²) in [4.78, 5) is 14.1. The summed E-state index contributed by atoms with van der Waals surface area (Å²) in [5, 5.41) is 3.58. The molecular weight excluding hydrogens is 216 g/mol. The van der Waals surface area contributed by atoms with Crippen molar-refractivity contribution in [1.82, 2.24) is 10.2 Å². The summed E-state index contributed by atoms with van der Waals surface area (Å²) < 4.78 is 5.50. The van der Waals surface area contributed by atoms with Gasteiger partial charge in [-0.05, 0) is 47.5 Å². The molecule has 0 saturated carbocycles. The van der Waals surface area contributed by atoms with Crippen LogP contribution >= 0.6 is 0 Å². The van der Waals surface area contributed by atoms with E-state index < -0.39 is 5.60 Å². The molecule has 2 aliphatic heterocycles. The average Bonchev–Trinajstić information content (AvgIpc) is 2.54. The van der Waals surface area contributed by atoms with E-state index in [1.807, 2.05) is 25.7 Å². The number of carbonyl (C=O) groups excluding carboxylic acids is 1. The summed E-state index contributed by atoms with van der Waals surface area (Å²) in [6, 6.07) is 0.842. The van der Waals surface area contributed by atoms with Crippen molar-refractivity contribution in [3.8, 4) is 0 Å². The van der Waals surface area contributed by atoms with E-state index in [2.05, 4.69) is 19.2 Å². The van der Waals surface area contributed by atoms with Crippen LogP contribution in [0.2, 0.25) is 0 Å². The lowest BCUT2D eigenvalue weighted by Gasteiger charge is -2.47. The number of piperazine rings is 1. The number of rotatable bonds is 0. The Kier molecular flexibility index (Phi) is 2.89. The van der Waals surface area contributed by atoms with Crippen molar-refractivity contribution in [3.63, 3.8) is 0 Å². The Labute approximate surface area is 104 Å². The smallest absolute Gasteiger partial charge is 0.410 e. The highest BCUT2D eigenvalue weighted by molar-refractivity contribution is 5.69. The Balaban J connectivity index is 2.12. The standard InChI is InChI=1S/C13H24N2O2/c1-12(2,3)17-11(16)15-8-9-6-7-10(14-9)13(15,4)5/h9-10,14H,6-8H2,1-5H3. The molecule has 17 heavy (non-hydrogen) atoms. The van der Waals surface area contributed by atoms with Gasteiger partial charge in [0, 0.05) is 18.6 Å². The highest BCUT2D eigenvalue weighted by Crippen LogP contribution is 2.34. The van der Waals surface area contributed by atoms with Crippen LogP contribution in [-0.4, -0.2) is 40.8 Å². The number of hydrogen-bond acceptors (Lipinski definition) is 3. The molecular formula is C13H24N2O2. The van der Waals surface area contributed by atoms with Crippen molar-refractivity contribution >= 4 is 6.09 Å². The first kappa shape index (κ1) is 12.7. The topological polar surface area (TPSA) is 41.6 Å². The SMILES string of the molecule is CC(C)(C)OC(=O)N1CC2CCC(N2)C1(C)C. The fraction of sp³-hybridized carbons (Fsp3) is 0.923. The maximum Gasteiger partial charge on any atom is 0.410 e. The zero-order valence-corrected chi connectivity index (χ0v) is 11.5. The molecule has 2 heterocycles. The van der Waals surface area contributed by atoms with Gasteiger partial charge >= 0.3 is 6.09 Å². The van der Waals surface area contributed by atoms with E-state index in [-0.39, 0.29) is 11.6 Å². The van der Waals surface area contributed by atoms with Crippen LogP contribution in [0.25, 0.3) is 0 Å². The number of nitrogens with one attached hydrogen (secondary N) is 1. The third-order valence-corrected chi connectivity index (χ3v) is 3.81. The average molecular weight is 240 g/mol. The third kappa shape index (κ3) is 2.41. The zero-order valence-electron chi connectivity index (χ0n) is 11.5. The lowest BCUT2D eigenvalue weighted by molar-refractivity contribution is -0.0136. The first-order valence-electron chi connectivity index (χ1n) is 6.47. The van der Waals surface area contributed by atoms with Crippen LogP contribution in [0.3, 0.4) is 0 Å². The van der Waals surface area contributed by atoms with Gasteiger partial charge < -0.3 is 10.1 Å². The van der Waals surface area contributed by atoms with E-state index in [4.69, 9.17) is 4.74 Å². The molecule has 4 heteroatoms. The lowest BCUT2D eigenvalue weighted by Crippen LogP contribution is -2.65. The summed E-state index contributed by atoms with van der Waals surface area (Å²) in [6.07, 6.45) is 2.13. The summed E-state index contributed by atoms with van der Waals surface area (Å²) in [7, 11) is 0. The number of hydrogen-bond donors (Lipinski definition) is 1. The number of ether oxygens (including phenoxy) is 1. The van der Waals surface area contributed by atoms with E-state index in [9.17, 15) is 4.79 Å². The van der Waals surface area contributed by atoms with Gasteiger partial charge in [-0.1, -0.05) is 0 Å². The molecule has 2 saturated heterocycles. The van der Waals surface area contributed by atoms with Crippen LogP contribution in [0, 0.1) is 0 Å². The Morgan fingerprint density at radius 3 is 2.59 bits per heavy atom.